The van der Waals surface area contributed by atoms with Gasteiger partial charge in [-0.25, -0.2) is 4.39 Å². The molecule has 3 heteroatoms. The van der Waals surface area contributed by atoms with Gasteiger partial charge in [0.2, 0.25) is 0 Å². The zero-order valence-electron chi connectivity index (χ0n) is 13.9. The number of hydrogen-bond donors (Lipinski definition) is 1. The summed E-state index contributed by atoms with van der Waals surface area (Å²) in [4.78, 5) is 12.9. The molecule has 0 aliphatic heterocycles. The van der Waals surface area contributed by atoms with Crippen LogP contribution in [0.25, 0.3) is 0 Å². The van der Waals surface area contributed by atoms with Crippen LogP contribution in [-0.2, 0) is 4.79 Å². The number of allylic oxidation sites excluding steroid dienone is 2. The molecule has 0 amide bonds. The minimum atomic E-state index is -0.949. The maximum Gasteiger partial charge on any atom is 0.165 e. The number of rotatable bonds is 6. The van der Waals surface area contributed by atoms with E-state index in [0.29, 0.717) is 12.8 Å². The van der Waals surface area contributed by atoms with Gasteiger partial charge in [-0.15, -0.1) is 0 Å². The van der Waals surface area contributed by atoms with Gasteiger partial charge in [-0.05, 0) is 76.0 Å². The highest BCUT2D eigenvalue weighted by Crippen LogP contribution is 2.60. The second-order valence-corrected chi connectivity index (χ2v) is 8.25. The number of aliphatic hydroxyl groups excluding tert-OH is 1. The topological polar surface area (TPSA) is 37.3 Å². The Labute approximate surface area is 133 Å². The lowest BCUT2D eigenvalue weighted by molar-refractivity contribution is -0.138. The van der Waals surface area contributed by atoms with E-state index in [-0.39, 0.29) is 22.9 Å². The molecule has 0 aromatic carbocycles. The number of carbonyl (C=O) groups excluding carboxylic acids is 1. The number of carbonyl (C=O) groups is 1. The number of hydrogen-bond acceptors (Lipinski definition) is 2. The maximum absolute atomic E-state index is 13.2. The van der Waals surface area contributed by atoms with Gasteiger partial charge in [-0.2, -0.15) is 0 Å². The Bertz CT molecular complexity index is 431. The fraction of sp³-hybridized carbons (Fsp3) is 0.842. The molecule has 4 rings (SSSR count). The molecule has 2 atom stereocenters. The summed E-state index contributed by atoms with van der Waals surface area (Å²) in [7, 11) is 0. The fourth-order valence-corrected chi connectivity index (χ4v) is 5.71. The molecule has 0 radical (unpaired) electrons. The number of halogens is 1. The molecule has 0 spiro atoms. The van der Waals surface area contributed by atoms with Crippen LogP contribution >= 0.6 is 0 Å². The number of ketones is 1. The van der Waals surface area contributed by atoms with Crippen molar-refractivity contribution in [3.05, 3.63) is 11.8 Å². The van der Waals surface area contributed by atoms with Crippen molar-refractivity contribution in [2.45, 2.75) is 71.4 Å². The molecule has 1 N–H and O–H groups in total. The Hall–Kier alpha value is -0.860. The first-order chi connectivity index (χ1) is 10.4. The Morgan fingerprint density at radius 2 is 1.73 bits per heavy atom. The molecule has 4 aliphatic rings. The summed E-state index contributed by atoms with van der Waals surface area (Å²) in [6.45, 7) is 3.45. The predicted molar refractivity (Wildman–Crippen MR) is 85.3 cm³/mol. The van der Waals surface area contributed by atoms with Gasteiger partial charge in [-0.3, -0.25) is 4.79 Å². The second kappa shape index (κ2) is 5.98. The lowest BCUT2D eigenvalue weighted by atomic mass is 9.48. The van der Waals surface area contributed by atoms with Crippen LogP contribution in [0.15, 0.2) is 11.8 Å². The lowest BCUT2D eigenvalue weighted by Gasteiger charge is -2.55. The van der Waals surface area contributed by atoms with Crippen molar-refractivity contribution < 1.29 is 14.3 Å². The quantitative estimate of drug-likeness (QED) is 0.554. The minimum absolute atomic E-state index is 0.104. The van der Waals surface area contributed by atoms with Crippen LogP contribution in [-0.4, -0.2) is 17.1 Å². The van der Waals surface area contributed by atoms with E-state index in [2.05, 4.69) is 0 Å². The first-order valence-corrected chi connectivity index (χ1v) is 9.01. The summed E-state index contributed by atoms with van der Waals surface area (Å²) in [5.74, 6) is 2.16. The molecule has 4 bridgehead atoms. The third kappa shape index (κ3) is 2.96. The van der Waals surface area contributed by atoms with E-state index < -0.39 is 6.17 Å². The van der Waals surface area contributed by atoms with Gasteiger partial charge in [0.25, 0.3) is 0 Å². The molecule has 2 unspecified atom stereocenters. The molecule has 4 fully saturated rings. The fourth-order valence-electron chi connectivity index (χ4n) is 5.71. The summed E-state index contributed by atoms with van der Waals surface area (Å²) < 4.78 is 13.2. The van der Waals surface area contributed by atoms with E-state index in [1.807, 2.05) is 6.92 Å². The molecule has 4 aliphatic carbocycles. The van der Waals surface area contributed by atoms with Gasteiger partial charge < -0.3 is 5.11 Å². The van der Waals surface area contributed by atoms with E-state index in [1.165, 1.54) is 32.3 Å². The normalized spacial score (nSPS) is 39.8. The Kier molecular flexibility index (Phi) is 4.35. The van der Waals surface area contributed by atoms with Crippen LogP contribution in [0.2, 0.25) is 0 Å². The van der Waals surface area contributed by atoms with Crippen LogP contribution in [0.5, 0.6) is 0 Å². The molecule has 2 nitrogen and oxygen atoms in total. The molecule has 0 saturated heterocycles. The zero-order valence-corrected chi connectivity index (χ0v) is 13.9. The summed E-state index contributed by atoms with van der Waals surface area (Å²) in [5.41, 5.74) is -0.206. The van der Waals surface area contributed by atoms with E-state index in [0.717, 1.165) is 37.0 Å². The first-order valence-electron chi connectivity index (χ1n) is 9.01. The molecule has 124 valence electrons. The molecule has 22 heavy (non-hydrogen) atoms. The summed E-state index contributed by atoms with van der Waals surface area (Å²) >= 11 is 0. The summed E-state index contributed by atoms with van der Waals surface area (Å²) in [5, 5.41) is 10.3. The average molecular weight is 308 g/mol. The van der Waals surface area contributed by atoms with Crippen molar-refractivity contribution >= 4 is 5.78 Å². The van der Waals surface area contributed by atoms with Crippen LogP contribution in [0.1, 0.15) is 65.2 Å². The van der Waals surface area contributed by atoms with Crippen LogP contribution in [0.3, 0.4) is 0 Å². The van der Waals surface area contributed by atoms with Crippen molar-refractivity contribution in [1.82, 2.24) is 0 Å². The number of aliphatic hydroxyl groups is 1. The first kappa shape index (κ1) is 16.0. The third-order valence-electron chi connectivity index (χ3n) is 6.36. The SMILES string of the molecule is CCC(CC(C)F)/C(O)=C/C(=O)C12CC3CC(CC(C3)C1)C2. The highest BCUT2D eigenvalue weighted by molar-refractivity contribution is 5.95. The van der Waals surface area contributed by atoms with Crippen molar-refractivity contribution in [2.24, 2.45) is 29.1 Å². The molecular formula is C19H29FO2. The highest BCUT2D eigenvalue weighted by atomic mass is 19.1. The van der Waals surface area contributed by atoms with Gasteiger partial charge in [0.1, 0.15) is 0 Å². The molecule has 0 aromatic heterocycles. The minimum Gasteiger partial charge on any atom is -0.512 e. The molecule has 4 saturated carbocycles. The van der Waals surface area contributed by atoms with Gasteiger partial charge in [-0.1, -0.05) is 6.92 Å². The van der Waals surface area contributed by atoms with E-state index in [9.17, 15) is 14.3 Å². The standard InChI is InChI=1S/C19H29FO2/c1-3-16(4-12(2)20)17(21)8-18(22)19-9-13-5-14(10-19)7-15(6-13)11-19/h8,12-16,21H,3-7,9-11H2,1-2H3/b17-8-. The average Bonchev–Trinajstić information content (AvgIpc) is 2.42. The van der Waals surface area contributed by atoms with Crippen molar-refractivity contribution in [3.63, 3.8) is 0 Å². The van der Waals surface area contributed by atoms with Crippen molar-refractivity contribution in [3.8, 4) is 0 Å². The van der Waals surface area contributed by atoms with Crippen LogP contribution in [0.4, 0.5) is 4.39 Å². The number of alkyl halides is 1. The second-order valence-electron chi connectivity index (χ2n) is 8.25. The van der Waals surface area contributed by atoms with Crippen LogP contribution in [0, 0.1) is 29.1 Å². The highest BCUT2D eigenvalue weighted by Gasteiger charge is 2.53. The third-order valence-corrected chi connectivity index (χ3v) is 6.36. The zero-order chi connectivity index (χ0) is 15.9. The molecule has 0 aromatic rings. The lowest BCUT2D eigenvalue weighted by Crippen LogP contribution is -2.49. The molecule has 0 heterocycles. The van der Waals surface area contributed by atoms with Crippen molar-refractivity contribution in [2.75, 3.05) is 0 Å². The predicted octanol–water partition coefficient (Wildman–Crippen LogP) is 4.99. The van der Waals surface area contributed by atoms with Gasteiger partial charge >= 0.3 is 0 Å². The Morgan fingerprint density at radius 1 is 1.23 bits per heavy atom. The maximum atomic E-state index is 13.2. The van der Waals surface area contributed by atoms with Crippen molar-refractivity contribution in [1.29, 1.82) is 0 Å². The summed E-state index contributed by atoms with van der Waals surface area (Å²) in [6, 6.07) is 0. The molecular weight excluding hydrogens is 279 g/mol. The Balaban J connectivity index is 1.74. The van der Waals surface area contributed by atoms with Crippen LogP contribution < -0.4 is 0 Å². The van der Waals surface area contributed by atoms with Gasteiger partial charge in [0, 0.05) is 17.4 Å². The van der Waals surface area contributed by atoms with Gasteiger partial charge in [0.15, 0.2) is 5.78 Å². The van der Waals surface area contributed by atoms with E-state index in [4.69, 9.17) is 0 Å². The Morgan fingerprint density at radius 3 is 2.14 bits per heavy atom. The van der Waals surface area contributed by atoms with E-state index in [1.54, 1.807) is 0 Å². The monoisotopic (exact) mass is 308 g/mol. The summed E-state index contributed by atoms with van der Waals surface area (Å²) in [6.07, 6.45) is 8.43. The van der Waals surface area contributed by atoms with E-state index >= 15 is 0 Å². The smallest absolute Gasteiger partial charge is 0.165 e. The van der Waals surface area contributed by atoms with Gasteiger partial charge in [0.05, 0.1) is 11.9 Å². The largest absolute Gasteiger partial charge is 0.512 e.